The fourth-order valence-corrected chi connectivity index (χ4v) is 0.737. The van der Waals surface area contributed by atoms with E-state index in [1.807, 2.05) is 0 Å². The fourth-order valence-electron chi connectivity index (χ4n) is 0.737. The Bertz CT molecular complexity index is 55.2. The van der Waals surface area contributed by atoms with Gasteiger partial charge in [-0.2, -0.15) is 12.8 Å². The molecule has 1 saturated carbocycles. The zero-order valence-electron chi connectivity index (χ0n) is 5.02. The Morgan fingerprint density at radius 3 is 2.00 bits per heavy atom. The second-order valence-corrected chi connectivity index (χ2v) is 2.38. The van der Waals surface area contributed by atoms with Crippen LogP contribution in [0.3, 0.4) is 0 Å². The molecule has 7 heavy (non-hydrogen) atoms. The lowest BCUT2D eigenvalue weighted by Gasteiger charge is -2.40. The third kappa shape index (κ3) is 0.942. The molecular weight excluding hydrogens is 86.1 g/mol. The summed E-state index contributed by atoms with van der Waals surface area (Å²) in [6.07, 6.45) is 4.92. The Morgan fingerprint density at radius 2 is 2.00 bits per heavy atom. The van der Waals surface area contributed by atoms with Crippen molar-refractivity contribution in [2.24, 2.45) is 0 Å². The fraction of sp³-hybridized carbons (Fsp3) is 0.833. The van der Waals surface area contributed by atoms with Crippen molar-refractivity contribution in [3.8, 4) is 0 Å². The second-order valence-electron chi connectivity index (χ2n) is 2.38. The third-order valence-corrected chi connectivity index (χ3v) is 1.61. The maximum atomic E-state index is 2.32. The minimum atomic E-state index is 0.861. The zero-order chi connectivity index (χ0) is 5.28. The molecule has 42 valence electrons. The van der Waals surface area contributed by atoms with Crippen LogP contribution in [0.5, 0.6) is 0 Å². The van der Waals surface area contributed by atoms with Gasteiger partial charge in [-0.3, -0.25) is 0 Å². The highest BCUT2D eigenvalue weighted by atomic mass is 15.1. The monoisotopic (exact) mass is 98.1 g/mol. The largest absolute Gasteiger partial charge is 0.326 e. The molecule has 1 aliphatic carbocycles. The maximum Gasteiger partial charge on any atom is -0.0136 e. The summed E-state index contributed by atoms with van der Waals surface area (Å²) >= 11 is 0. The van der Waals surface area contributed by atoms with E-state index in [1.54, 1.807) is 0 Å². The van der Waals surface area contributed by atoms with Gasteiger partial charge in [0.15, 0.2) is 0 Å². The van der Waals surface area contributed by atoms with Crippen molar-refractivity contribution < 1.29 is 0 Å². The van der Waals surface area contributed by atoms with Gasteiger partial charge in [-0.1, -0.05) is 0 Å². The Kier molecular flexibility index (Phi) is 1.33. The summed E-state index contributed by atoms with van der Waals surface area (Å²) in [4.78, 5) is 2.28. The normalized spacial score (nSPS) is 22.7. The first-order chi connectivity index (χ1) is 3.30. The van der Waals surface area contributed by atoms with Gasteiger partial charge >= 0.3 is 0 Å². The Balaban J connectivity index is 2.14. The lowest BCUT2D eigenvalue weighted by atomic mass is 9.92. The molecule has 0 radical (unpaired) electrons. The average Bonchev–Trinajstić information content (AvgIpc) is 1.23. The van der Waals surface area contributed by atoms with Gasteiger partial charge in [0, 0.05) is 0 Å². The van der Waals surface area contributed by atoms with E-state index in [2.05, 4.69) is 25.4 Å². The first-order valence-electron chi connectivity index (χ1n) is 2.79. The van der Waals surface area contributed by atoms with Gasteiger partial charge in [0.25, 0.3) is 0 Å². The van der Waals surface area contributed by atoms with Crippen molar-refractivity contribution in [1.82, 2.24) is 4.90 Å². The number of hydrogen-bond acceptors (Lipinski definition) is 1. The van der Waals surface area contributed by atoms with Gasteiger partial charge in [-0.25, -0.2) is 0 Å². The smallest absolute Gasteiger partial charge is 0.0136 e. The minimum Gasteiger partial charge on any atom is -0.326 e. The maximum absolute atomic E-state index is 2.32. The van der Waals surface area contributed by atoms with E-state index < -0.39 is 0 Å². The van der Waals surface area contributed by atoms with Crippen molar-refractivity contribution in [3.05, 3.63) is 6.42 Å². The van der Waals surface area contributed by atoms with Gasteiger partial charge in [0.05, 0.1) is 0 Å². The van der Waals surface area contributed by atoms with Crippen molar-refractivity contribution in [2.75, 3.05) is 14.1 Å². The van der Waals surface area contributed by atoms with Crippen LogP contribution in [0.1, 0.15) is 12.8 Å². The zero-order valence-corrected chi connectivity index (χ0v) is 5.02. The molecule has 1 fully saturated rings. The Morgan fingerprint density at radius 1 is 1.43 bits per heavy atom. The summed E-state index contributed by atoms with van der Waals surface area (Å²) in [6, 6.07) is 0.861. The third-order valence-electron chi connectivity index (χ3n) is 1.61. The van der Waals surface area contributed by atoms with Gasteiger partial charge in [-0.05, 0) is 20.1 Å². The number of nitrogens with zero attached hydrogens (tertiary/aromatic N) is 1. The molecule has 1 rings (SSSR count). The van der Waals surface area contributed by atoms with Gasteiger partial charge in [0.2, 0.25) is 0 Å². The summed E-state index contributed by atoms with van der Waals surface area (Å²) in [5.41, 5.74) is 0. The van der Waals surface area contributed by atoms with Gasteiger partial charge in [0.1, 0.15) is 0 Å². The highest BCUT2D eigenvalue weighted by Crippen LogP contribution is 2.20. The Hall–Kier alpha value is -0.0400. The van der Waals surface area contributed by atoms with Crippen LogP contribution in [0, 0.1) is 6.42 Å². The van der Waals surface area contributed by atoms with Crippen molar-refractivity contribution >= 4 is 0 Å². The van der Waals surface area contributed by atoms with Crippen molar-refractivity contribution in [3.63, 3.8) is 0 Å². The standard InChI is InChI=1S/C6H12N/c1-7(2)6-4-3-5-6/h3,6H,4-5H2,1-2H3/q-1. The first kappa shape index (κ1) is 5.10. The highest BCUT2D eigenvalue weighted by Gasteiger charge is 2.08. The van der Waals surface area contributed by atoms with E-state index in [0.29, 0.717) is 0 Å². The molecule has 0 aromatic heterocycles. The number of rotatable bonds is 1. The summed E-state index contributed by atoms with van der Waals surface area (Å²) in [6.45, 7) is 0. The summed E-state index contributed by atoms with van der Waals surface area (Å²) in [5, 5.41) is 0. The molecule has 1 aliphatic rings. The lowest BCUT2D eigenvalue weighted by Crippen LogP contribution is -2.34. The molecule has 1 nitrogen and oxygen atoms in total. The van der Waals surface area contributed by atoms with Crippen LogP contribution in [-0.4, -0.2) is 25.0 Å². The van der Waals surface area contributed by atoms with E-state index in [0.717, 1.165) is 6.04 Å². The van der Waals surface area contributed by atoms with Crippen LogP contribution in [0.25, 0.3) is 0 Å². The molecular formula is C6H12N-. The molecule has 1 heteroatoms. The molecule has 0 amide bonds. The van der Waals surface area contributed by atoms with Gasteiger partial charge < -0.3 is 11.3 Å². The van der Waals surface area contributed by atoms with Crippen LogP contribution in [0.4, 0.5) is 0 Å². The van der Waals surface area contributed by atoms with E-state index >= 15 is 0 Å². The van der Waals surface area contributed by atoms with Gasteiger partial charge in [-0.15, -0.1) is 0 Å². The summed E-state index contributed by atoms with van der Waals surface area (Å²) in [7, 11) is 4.27. The molecule has 0 N–H and O–H groups in total. The summed E-state index contributed by atoms with van der Waals surface area (Å²) in [5.74, 6) is 0. The van der Waals surface area contributed by atoms with E-state index in [1.165, 1.54) is 12.8 Å². The first-order valence-corrected chi connectivity index (χ1v) is 2.79. The van der Waals surface area contributed by atoms with Crippen LogP contribution in [-0.2, 0) is 0 Å². The SMILES string of the molecule is CN(C)C1C[CH-]C1. The molecule has 0 bridgehead atoms. The molecule has 0 atom stereocenters. The molecule has 0 spiro atoms. The quantitative estimate of drug-likeness (QED) is 0.441. The number of hydrogen-bond donors (Lipinski definition) is 0. The molecule has 0 unspecified atom stereocenters. The van der Waals surface area contributed by atoms with Crippen LogP contribution < -0.4 is 0 Å². The highest BCUT2D eigenvalue weighted by molar-refractivity contribution is 4.90. The average molecular weight is 98.2 g/mol. The van der Waals surface area contributed by atoms with E-state index in [-0.39, 0.29) is 0 Å². The van der Waals surface area contributed by atoms with E-state index in [9.17, 15) is 0 Å². The predicted octanol–water partition coefficient (Wildman–Crippen LogP) is 0.915. The molecule has 0 aromatic carbocycles. The molecule has 0 aliphatic heterocycles. The summed E-state index contributed by atoms with van der Waals surface area (Å²) < 4.78 is 0. The minimum absolute atomic E-state index is 0.861. The molecule has 0 saturated heterocycles. The second kappa shape index (κ2) is 1.83. The Labute approximate surface area is 45.3 Å². The van der Waals surface area contributed by atoms with Crippen LogP contribution in [0.15, 0.2) is 0 Å². The topological polar surface area (TPSA) is 3.24 Å². The van der Waals surface area contributed by atoms with Crippen LogP contribution in [0.2, 0.25) is 0 Å². The van der Waals surface area contributed by atoms with E-state index in [4.69, 9.17) is 0 Å². The predicted molar refractivity (Wildman–Crippen MR) is 31.0 cm³/mol. The van der Waals surface area contributed by atoms with Crippen molar-refractivity contribution in [1.29, 1.82) is 0 Å². The molecule has 0 heterocycles. The van der Waals surface area contributed by atoms with Crippen LogP contribution >= 0.6 is 0 Å². The van der Waals surface area contributed by atoms with Crippen molar-refractivity contribution in [2.45, 2.75) is 18.9 Å². The lowest BCUT2D eigenvalue weighted by molar-refractivity contribution is 0.240. The molecule has 0 aromatic rings.